The Morgan fingerprint density at radius 1 is 0.619 bits per heavy atom. The highest BCUT2D eigenvalue weighted by molar-refractivity contribution is 5.42. The van der Waals surface area contributed by atoms with Crippen molar-refractivity contribution in [3.63, 3.8) is 0 Å². The van der Waals surface area contributed by atoms with E-state index in [2.05, 4.69) is 48.7 Å². The summed E-state index contributed by atoms with van der Waals surface area (Å²) in [5, 5.41) is 6.64. The molecule has 0 saturated carbocycles. The van der Waals surface area contributed by atoms with Crippen LogP contribution in [0.4, 0.5) is 11.4 Å². The number of hydrogen-bond acceptors (Lipinski definition) is 2. The lowest BCUT2D eigenvalue weighted by Gasteiger charge is -2.03. The lowest BCUT2D eigenvalue weighted by atomic mass is 10.3. The second-order valence-electron chi connectivity index (χ2n) is 4.94. The topological polar surface area (TPSA) is 24.1 Å². The molecule has 0 aliphatic heterocycles. The second kappa shape index (κ2) is 11.8. The van der Waals surface area contributed by atoms with Gasteiger partial charge in [0.1, 0.15) is 0 Å². The second-order valence-corrected chi connectivity index (χ2v) is 4.94. The van der Waals surface area contributed by atoms with E-state index in [0.29, 0.717) is 0 Å². The summed E-state index contributed by atoms with van der Waals surface area (Å²) in [5.41, 5.74) is 2.44. The van der Waals surface area contributed by atoms with Crippen LogP contribution in [0.1, 0.15) is 33.1 Å². The zero-order chi connectivity index (χ0) is 15.2. The number of benzene rings is 2. The molecule has 0 fully saturated rings. The van der Waals surface area contributed by atoms with Crippen molar-refractivity contribution in [2.24, 2.45) is 0 Å². The van der Waals surface area contributed by atoms with Crippen LogP contribution in [0.25, 0.3) is 0 Å². The minimum absolute atomic E-state index is 1.06. The summed E-state index contributed by atoms with van der Waals surface area (Å²) in [6.07, 6.45) is 3.67. The molecule has 0 aliphatic rings. The van der Waals surface area contributed by atoms with Gasteiger partial charge < -0.3 is 10.6 Å². The van der Waals surface area contributed by atoms with E-state index in [-0.39, 0.29) is 0 Å². The molecule has 0 aliphatic carbocycles. The molecule has 0 atom stereocenters. The Balaban J connectivity index is 0.000000211. The molecule has 0 radical (unpaired) electrons. The number of para-hydroxylation sites is 2. The normalized spacial score (nSPS) is 9.43. The van der Waals surface area contributed by atoms with Crippen molar-refractivity contribution < 1.29 is 0 Å². The molecule has 2 nitrogen and oxygen atoms in total. The number of unbranched alkanes of at least 4 members (excludes halogenated alkanes) is 1. The van der Waals surface area contributed by atoms with Crippen molar-refractivity contribution in [1.29, 1.82) is 0 Å². The summed E-state index contributed by atoms with van der Waals surface area (Å²) >= 11 is 0. The monoisotopic (exact) mass is 284 g/mol. The van der Waals surface area contributed by atoms with Gasteiger partial charge in [-0.3, -0.25) is 0 Å². The molecule has 2 N–H and O–H groups in total. The van der Waals surface area contributed by atoms with E-state index >= 15 is 0 Å². The molecule has 114 valence electrons. The molecule has 2 rings (SSSR count). The number of rotatable bonds is 7. The molecule has 2 heteroatoms. The van der Waals surface area contributed by atoms with Crippen molar-refractivity contribution in [3.8, 4) is 0 Å². The third-order valence-corrected chi connectivity index (χ3v) is 2.99. The van der Waals surface area contributed by atoms with Crippen LogP contribution in [0.5, 0.6) is 0 Å². The van der Waals surface area contributed by atoms with Crippen LogP contribution < -0.4 is 10.6 Å². The van der Waals surface area contributed by atoms with Crippen molar-refractivity contribution in [1.82, 2.24) is 0 Å². The zero-order valence-corrected chi connectivity index (χ0v) is 13.3. The molecule has 0 unspecified atom stereocenters. The third-order valence-electron chi connectivity index (χ3n) is 2.99. The summed E-state index contributed by atoms with van der Waals surface area (Å²) in [5.74, 6) is 0. The van der Waals surface area contributed by atoms with Gasteiger partial charge in [-0.25, -0.2) is 0 Å². The van der Waals surface area contributed by atoms with Crippen molar-refractivity contribution >= 4 is 11.4 Å². The molecule has 0 heterocycles. The maximum atomic E-state index is 3.35. The van der Waals surface area contributed by atoms with Crippen molar-refractivity contribution in [3.05, 3.63) is 60.7 Å². The van der Waals surface area contributed by atoms with E-state index in [1.54, 1.807) is 0 Å². The van der Waals surface area contributed by atoms with Gasteiger partial charge in [-0.2, -0.15) is 0 Å². The van der Waals surface area contributed by atoms with Gasteiger partial charge in [-0.15, -0.1) is 0 Å². The van der Waals surface area contributed by atoms with Crippen molar-refractivity contribution in [2.75, 3.05) is 23.7 Å². The fraction of sp³-hybridized carbons (Fsp3) is 0.368. The zero-order valence-electron chi connectivity index (χ0n) is 13.3. The third kappa shape index (κ3) is 8.74. The summed E-state index contributed by atoms with van der Waals surface area (Å²) in [6.45, 7) is 6.51. The average molecular weight is 284 g/mol. The van der Waals surface area contributed by atoms with E-state index in [4.69, 9.17) is 0 Å². The molecule has 0 bridgehead atoms. The fourth-order valence-corrected chi connectivity index (χ4v) is 1.79. The lowest BCUT2D eigenvalue weighted by Crippen LogP contribution is -1.99. The summed E-state index contributed by atoms with van der Waals surface area (Å²) < 4.78 is 0. The molecule has 21 heavy (non-hydrogen) atoms. The van der Waals surface area contributed by atoms with Crippen LogP contribution in [-0.4, -0.2) is 13.1 Å². The van der Waals surface area contributed by atoms with Gasteiger partial charge >= 0.3 is 0 Å². The molecule has 0 spiro atoms. The Bertz CT molecular complexity index is 440. The summed E-state index contributed by atoms with van der Waals surface area (Å²) in [4.78, 5) is 0. The van der Waals surface area contributed by atoms with E-state index in [1.165, 1.54) is 30.6 Å². The van der Waals surface area contributed by atoms with E-state index in [9.17, 15) is 0 Å². The van der Waals surface area contributed by atoms with E-state index in [1.807, 2.05) is 36.4 Å². The van der Waals surface area contributed by atoms with Crippen LogP contribution in [0, 0.1) is 0 Å². The highest BCUT2D eigenvalue weighted by Crippen LogP contribution is 2.05. The highest BCUT2D eigenvalue weighted by Gasteiger charge is 1.86. The predicted molar refractivity (Wildman–Crippen MR) is 95.1 cm³/mol. The Hall–Kier alpha value is -1.96. The molecular formula is C19H28N2. The average Bonchev–Trinajstić information content (AvgIpc) is 2.56. The lowest BCUT2D eigenvalue weighted by molar-refractivity contribution is 0.834. The van der Waals surface area contributed by atoms with Crippen LogP contribution in [-0.2, 0) is 0 Å². The molecule has 0 saturated heterocycles. The molecular weight excluding hydrogens is 256 g/mol. The first-order valence-corrected chi connectivity index (χ1v) is 7.94. The van der Waals surface area contributed by atoms with Gasteiger partial charge in [0.2, 0.25) is 0 Å². The predicted octanol–water partition coefficient (Wildman–Crippen LogP) is 5.41. The van der Waals surface area contributed by atoms with Gasteiger partial charge in [0.15, 0.2) is 0 Å². The maximum Gasteiger partial charge on any atom is 0.0340 e. The number of nitrogens with one attached hydrogen (secondary N) is 2. The van der Waals surface area contributed by atoms with Gasteiger partial charge in [-0.05, 0) is 37.1 Å². The van der Waals surface area contributed by atoms with Gasteiger partial charge in [-0.1, -0.05) is 56.7 Å². The van der Waals surface area contributed by atoms with Gasteiger partial charge in [0.25, 0.3) is 0 Å². The standard InChI is InChI=1S/C10H15N.C9H13N/c1-2-3-9-11-10-7-5-4-6-8-10;1-2-8-10-9-6-4-3-5-7-9/h4-8,11H,2-3,9H2,1H3;3-7,10H,2,8H2,1H3. The minimum Gasteiger partial charge on any atom is -0.385 e. The first-order valence-electron chi connectivity index (χ1n) is 7.94. The Morgan fingerprint density at radius 3 is 1.52 bits per heavy atom. The summed E-state index contributed by atoms with van der Waals surface area (Å²) in [7, 11) is 0. The molecule has 0 amide bonds. The smallest absolute Gasteiger partial charge is 0.0340 e. The largest absolute Gasteiger partial charge is 0.385 e. The van der Waals surface area contributed by atoms with Crippen LogP contribution >= 0.6 is 0 Å². The Kier molecular flexibility index (Phi) is 9.63. The van der Waals surface area contributed by atoms with Crippen LogP contribution in [0.15, 0.2) is 60.7 Å². The van der Waals surface area contributed by atoms with Crippen LogP contribution in [0.2, 0.25) is 0 Å². The SMILES string of the molecule is CCCCNc1ccccc1.CCCNc1ccccc1. The Morgan fingerprint density at radius 2 is 1.10 bits per heavy atom. The number of hydrogen-bond donors (Lipinski definition) is 2. The molecule has 2 aromatic carbocycles. The molecule has 0 aromatic heterocycles. The van der Waals surface area contributed by atoms with Crippen LogP contribution in [0.3, 0.4) is 0 Å². The van der Waals surface area contributed by atoms with Crippen molar-refractivity contribution in [2.45, 2.75) is 33.1 Å². The summed E-state index contributed by atoms with van der Waals surface area (Å²) in [6, 6.07) is 20.6. The fourth-order valence-electron chi connectivity index (χ4n) is 1.79. The minimum atomic E-state index is 1.06. The Labute approximate surface area is 129 Å². The molecule has 2 aromatic rings. The van der Waals surface area contributed by atoms with E-state index in [0.717, 1.165) is 13.1 Å². The quantitative estimate of drug-likeness (QED) is 0.664. The number of anilines is 2. The van der Waals surface area contributed by atoms with Gasteiger partial charge in [0.05, 0.1) is 0 Å². The first kappa shape index (κ1) is 17.1. The van der Waals surface area contributed by atoms with Gasteiger partial charge in [0, 0.05) is 24.5 Å². The maximum absolute atomic E-state index is 3.35. The highest BCUT2D eigenvalue weighted by atomic mass is 14.9. The van der Waals surface area contributed by atoms with E-state index < -0.39 is 0 Å². The first-order chi connectivity index (χ1) is 10.4.